The Balaban J connectivity index is 2.33. The van der Waals surface area contributed by atoms with Gasteiger partial charge in [0.05, 0.1) is 5.69 Å². The number of hydrogen-bond donors (Lipinski definition) is 3. The van der Waals surface area contributed by atoms with E-state index < -0.39 is 6.03 Å². The molecule has 4 N–H and O–H groups in total. The second kappa shape index (κ2) is 4.27. The molecule has 0 radical (unpaired) electrons. The van der Waals surface area contributed by atoms with Crippen molar-refractivity contribution in [3.05, 3.63) is 22.7 Å². The Morgan fingerprint density at radius 1 is 1.50 bits per heavy atom. The molecule has 7 nitrogen and oxygen atoms in total. The van der Waals surface area contributed by atoms with Crippen LogP contribution in [0.25, 0.3) is 11.4 Å². The summed E-state index contributed by atoms with van der Waals surface area (Å²) in [5.74, 6) is 0.478. The van der Waals surface area contributed by atoms with Crippen LogP contribution in [0.3, 0.4) is 0 Å². The third-order valence-corrected chi connectivity index (χ3v) is 2.49. The number of amides is 2. The van der Waals surface area contributed by atoms with Crippen molar-refractivity contribution >= 4 is 27.6 Å². The number of halogens is 1. The first-order valence-electron chi connectivity index (χ1n) is 4.26. The van der Waals surface area contributed by atoms with Gasteiger partial charge in [-0.3, -0.25) is 0 Å². The van der Waals surface area contributed by atoms with E-state index in [2.05, 4.69) is 41.9 Å². The second-order valence-corrected chi connectivity index (χ2v) is 3.77. The zero-order valence-corrected chi connectivity index (χ0v) is 9.52. The van der Waals surface area contributed by atoms with Gasteiger partial charge in [0.1, 0.15) is 0 Å². The molecule has 1 aromatic heterocycles. The van der Waals surface area contributed by atoms with E-state index in [1.54, 1.807) is 18.2 Å². The van der Waals surface area contributed by atoms with Gasteiger partial charge in [0, 0.05) is 10.0 Å². The van der Waals surface area contributed by atoms with Crippen molar-refractivity contribution in [3.63, 3.8) is 0 Å². The van der Waals surface area contributed by atoms with Gasteiger partial charge in [-0.2, -0.15) is 5.21 Å². The number of rotatable bonds is 2. The number of aromatic amines is 1. The molecule has 1 heterocycles. The number of nitrogens with zero attached hydrogens (tertiary/aromatic N) is 3. The number of anilines is 1. The monoisotopic (exact) mass is 282 g/mol. The largest absolute Gasteiger partial charge is 0.351 e. The number of H-pyrrole nitrogens is 1. The SMILES string of the molecule is NC(=O)Nc1ccc(-c2nn[nH]n2)cc1Br. The number of hydrogen-bond acceptors (Lipinski definition) is 4. The van der Waals surface area contributed by atoms with E-state index in [1.165, 1.54) is 0 Å². The summed E-state index contributed by atoms with van der Waals surface area (Å²) in [6, 6.07) is 4.59. The lowest BCUT2D eigenvalue weighted by atomic mass is 10.2. The van der Waals surface area contributed by atoms with Crippen LogP contribution in [-0.2, 0) is 0 Å². The molecule has 0 aliphatic carbocycles. The first-order chi connectivity index (χ1) is 7.66. The van der Waals surface area contributed by atoms with E-state index in [4.69, 9.17) is 5.73 Å². The smallest absolute Gasteiger partial charge is 0.316 e. The molecule has 82 valence electrons. The number of nitrogens with one attached hydrogen (secondary N) is 2. The quantitative estimate of drug-likeness (QED) is 0.767. The summed E-state index contributed by atoms with van der Waals surface area (Å²) in [7, 11) is 0. The minimum atomic E-state index is -0.618. The van der Waals surface area contributed by atoms with Crippen LogP contribution in [0, 0.1) is 0 Å². The highest BCUT2D eigenvalue weighted by molar-refractivity contribution is 9.10. The Labute approximate surface area is 98.5 Å². The van der Waals surface area contributed by atoms with Gasteiger partial charge in [-0.15, -0.1) is 10.2 Å². The molecular formula is C8H7BrN6O. The van der Waals surface area contributed by atoms with Crippen molar-refractivity contribution in [3.8, 4) is 11.4 Å². The lowest BCUT2D eigenvalue weighted by molar-refractivity contribution is 0.259. The minimum Gasteiger partial charge on any atom is -0.351 e. The van der Waals surface area contributed by atoms with Crippen LogP contribution in [0.15, 0.2) is 22.7 Å². The van der Waals surface area contributed by atoms with Crippen LogP contribution in [-0.4, -0.2) is 26.7 Å². The van der Waals surface area contributed by atoms with Crippen LogP contribution in [0.2, 0.25) is 0 Å². The Bertz CT molecular complexity index is 511. The van der Waals surface area contributed by atoms with Crippen molar-refractivity contribution in [1.29, 1.82) is 0 Å². The molecule has 0 unspecified atom stereocenters. The summed E-state index contributed by atoms with van der Waals surface area (Å²) in [6.07, 6.45) is 0. The fraction of sp³-hybridized carbons (Fsp3) is 0. The van der Waals surface area contributed by atoms with Gasteiger partial charge < -0.3 is 11.1 Å². The Hall–Kier alpha value is -1.96. The zero-order chi connectivity index (χ0) is 11.5. The van der Waals surface area contributed by atoms with Crippen molar-refractivity contribution in [2.24, 2.45) is 5.73 Å². The molecule has 0 spiro atoms. The Morgan fingerprint density at radius 3 is 2.88 bits per heavy atom. The van der Waals surface area contributed by atoms with E-state index >= 15 is 0 Å². The van der Waals surface area contributed by atoms with E-state index in [0.29, 0.717) is 16.0 Å². The summed E-state index contributed by atoms with van der Waals surface area (Å²) < 4.78 is 0.689. The fourth-order valence-electron chi connectivity index (χ4n) is 1.17. The lowest BCUT2D eigenvalue weighted by Gasteiger charge is -2.05. The summed E-state index contributed by atoms with van der Waals surface area (Å²) in [4.78, 5) is 10.7. The van der Waals surface area contributed by atoms with Gasteiger partial charge in [-0.05, 0) is 39.3 Å². The molecule has 0 fully saturated rings. The molecule has 2 amide bonds. The molecule has 16 heavy (non-hydrogen) atoms. The predicted octanol–water partition coefficient (Wildman–Crippen LogP) is 1.12. The first-order valence-corrected chi connectivity index (χ1v) is 5.06. The highest BCUT2D eigenvalue weighted by Gasteiger charge is 2.07. The second-order valence-electron chi connectivity index (χ2n) is 2.92. The molecule has 0 aliphatic heterocycles. The summed E-state index contributed by atoms with van der Waals surface area (Å²) in [5.41, 5.74) is 6.37. The number of carbonyl (C=O) groups excluding carboxylic acids is 1. The molecule has 0 bridgehead atoms. The first kappa shape index (κ1) is 10.6. The minimum absolute atomic E-state index is 0.478. The van der Waals surface area contributed by atoms with Crippen molar-refractivity contribution < 1.29 is 4.79 Å². The molecular weight excluding hydrogens is 276 g/mol. The van der Waals surface area contributed by atoms with E-state index in [0.717, 1.165) is 5.56 Å². The number of aromatic nitrogens is 4. The number of benzene rings is 1. The van der Waals surface area contributed by atoms with Gasteiger partial charge in [0.25, 0.3) is 0 Å². The van der Waals surface area contributed by atoms with E-state index in [9.17, 15) is 4.79 Å². The number of urea groups is 1. The average Bonchev–Trinajstić information content (AvgIpc) is 2.73. The van der Waals surface area contributed by atoms with Gasteiger partial charge in [0.15, 0.2) is 0 Å². The van der Waals surface area contributed by atoms with Gasteiger partial charge >= 0.3 is 6.03 Å². The van der Waals surface area contributed by atoms with Crippen molar-refractivity contribution in [2.75, 3.05) is 5.32 Å². The van der Waals surface area contributed by atoms with E-state index in [1.807, 2.05) is 0 Å². The fourth-order valence-corrected chi connectivity index (χ4v) is 1.65. The van der Waals surface area contributed by atoms with Gasteiger partial charge in [-0.25, -0.2) is 4.79 Å². The number of tetrazole rings is 1. The molecule has 8 heteroatoms. The molecule has 2 aromatic rings. The summed E-state index contributed by atoms with van der Waals surface area (Å²) in [5, 5.41) is 16.0. The average molecular weight is 283 g/mol. The molecule has 2 rings (SSSR count). The molecule has 1 aromatic carbocycles. The summed E-state index contributed by atoms with van der Waals surface area (Å²) >= 11 is 3.30. The molecule has 0 saturated carbocycles. The van der Waals surface area contributed by atoms with Gasteiger partial charge in [-0.1, -0.05) is 0 Å². The zero-order valence-electron chi connectivity index (χ0n) is 7.94. The standard InChI is InChI=1S/C8H7BrN6O/c9-5-3-4(7-12-14-15-13-7)1-2-6(5)11-8(10)16/h1-3H,(H3,10,11,16)(H,12,13,14,15). The maximum absolute atomic E-state index is 10.7. The highest BCUT2D eigenvalue weighted by atomic mass is 79.9. The van der Waals surface area contributed by atoms with Crippen LogP contribution >= 0.6 is 15.9 Å². The predicted molar refractivity (Wildman–Crippen MR) is 60.5 cm³/mol. The highest BCUT2D eigenvalue weighted by Crippen LogP contribution is 2.26. The van der Waals surface area contributed by atoms with Crippen LogP contribution in [0.5, 0.6) is 0 Å². The van der Waals surface area contributed by atoms with Crippen LogP contribution in [0.1, 0.15) is 0 Å². The normalized spacial score (nSPS) is 10.1. The topological polar surface area (TPSA) is 110 Å². The Morgan fingerprint density at radius 2 is 2.31 bits per heavy atom. The van der Waals surface area contributed by atoms with Crippen LogP contribution < -0.4 is 11.1 Å². The van der Waals surface area contributed by atoms with Crippen LogP contribution in [0.4, 0.5) is 10.5 Å². The third-order valence-electron chi connectivity index (χ3n) is 1.83. The molecule has 0 aliphatic rings. The maximum Gasteiger partial charge on any atom is 0.316 e. The molecule has 0 atom stereocenters. The van der Waals surface area contributed by atoms with Crippen molar-refractivity contribution in [1.82, 2.24) is 20.6 Å². The third kappa shape index (κ3) is 2.16. The van der Waals surface area contributed by atoms with E-state index in [-0.39, 0.29) is 0 Å². The maximum atomic E-state index is 10.7. The van der Waals surface area contributed by atoms with Gasteiger partial charge in [0.2, 0.25) is 5.82 Å². The number of nitrogens with two attached hydrogens (primary N) is 1. The molecule has 0 saturated heterocycles. The summed E-state index contributed by atoms with van der Waals surface area (Å²) in [6.45, 7) is 0. The number of carbonyl (C=O) groups is 1. The number of primary amides is 1. The lowest BCUT2D eigenvalue weighted by Crippen LogP contribution is -2.19. The van der Waals surface area contributed by atoms with Crippen molar-refractivity contribution in [2.45, 2.75) is 0 Å². The Kier molecular flexibility index (Phi) is 2.82.